The molecule has 2 aromatic rings. The normalized spacial score (nSPS) is 25.1. The van der Waals surface area contributed by atoms with Crippen LogP contribution in [0.25, 0.3) is 11.2 Å². The maximum atomic E-state index is 12.5. The number of hydrogen-bond donors (Lipinski definition) is 4. The maximum Gasteiger partial charge on any atom is 0.311 e. The van der Waals surface area contributed by atoms with Gasteiger partial charge in [-0.2, -0.15) is 0 Å². The minimum absolute atomic E-state index is 0.0562. The van der Waals surface area contributed by atoms with Crippen molar-refractivity contribution in [3.8, 4) is 0 Å². The highest BCUT2D eigenvalue weighted by molar-refractivity contribution is 7.71. The van der Waals surface area contributed by atoms with E-state index in [-0.39, 0.29) is 16.5 Å². The fraction of sp³-hybridized carbons (Fsp3) is 0.667. The second-order valence-corrected chi connectivity index (χ2v) is 8.86. The fourth-order valence-electron chi connectivity index (χ4n) is 3.20. The number of H-pyrrole nitrogens is 1. The molecule has 29 heavy (non-hydrogen) atoms. The zero-order valence-electron chi connectivity index (χ0n) is 17.0. The Bertz CT molecular complexity index is 979. The molecule has 3 rings (SSSR count). The monoisotopic (exact) mass is 425 g/mol. The molecule has 2 aromatic heterocycles. The van der Waals surface area contributed by atoms with E-state index in [1.807, 2.05) is 13.8 Å². The molecule has 1 fully saturated rings. The third-order valence-electron chi connectivity index (χ3n) is 4.73. The van der Waals surface area contributed by atoms with Crippen molar-refractivity contribution in [1.29, 1.82) is 0 Å². The first-order chi connectivity index (χ1) is 13.5. The molecule has 1 saturated heterocycles. The van der Waals surface area contributed by atoms with E-state index < -0.39 is 42.5 Å². The van der Waals surface area contributed by atoms with E-state index >= 15 is 0 Å². The number of esters is 1. The van der Waals surface area contributed by atoms with Gasteiger partial charge in [0.05, 0.1) is 12.0 Å². The van der Waals surface area contributed by atoms with Gasteiger partial charge in [0, 0.05) is 5.92 Å². The zero-order valence-corrected chi connectivity index (χ0v) is 17.9. The molecule has 10 nitrogen and oxygen atoms in total. The number of aliphatic hydroxyl groups excluding tert-OH is 2. The van der Waals surface area contributed by atoms with Crippen molar-refractivity contribution in [3.63, 3.8) is 0 Å². The Kier molecular flexibility index (Phi) is 5.69. The summed E-state index contributed by atoms with van der Waals surface area (Å²) >= 11 is 5.29. The van der Waals surface area contributed by atoms with Crippen molar-refractivity contribution in [3.05, 3.63) is 10.5 Å². The molecule has 1 aliphatic heterocycles. The van der Waals surface area contributed by atoms with Crippen LogP contribution in [0.4, 0.5) is 5.95 Å². The van der Waals surface area contributed by atoms with Crippen LogP contribution in [-0.2, 0) is 14.3 Å². The Labute approximate surface area is 173 Å². The van der Waals surface area contributed by atoms with Crippen LogP contribution in [-0.4, -0.2) is 60.6 Å². The molecule has 0 aliphatic carbocycles. The summed E-state index contributed by atoms with van der Waals surface area (Å²) in [6.07, 6.45) is -4.17. The molecule has 160 valence electrons. The minimum Gasteiger partial charge on any atom is -0.454 e. The molecule has 1 aliphatic rings. The number of hydrogen-bond acceptors (Lipinski definition) is 9. The summed E-state index contributed by atoms with van der Waals surface area (Å²) in [6, 6.07) is 0. The number of nitrogens with two attached hydrogens (primary N) is 1. The standard InChI is InChI=1S/C18H27N5O5S/c1-7(2)12-20-9-13(21-17(19)22-14(9)29)23(12)15-11(10(25)8(6-24)27-15)28-16(26)18(3,4)5/h7-8,10-11,15,24-25H,6H2,1-5H3,(H3,19,21,22,29)/t8-,10?,11?,15-/m1/s1. The minimum atomic E-state index is -1.23. The van der Waals surface area contributed by atoms with E-state index in [2.05, 4.69) is 15.0 Å². The van der Waals surface area contributed by atoms with Crippen LogP contribution in [0.3, 0.4) is 0 Å². The van der Waals surface area contributed by atoms with Crippen LogP contribution in [0.15, 0.2) is 0 Å². The summed E-state index contributed by atoms with van der Waals surface area (Å²) in [4.78, 5) is 24.1. The third kappa shape index (κ3) is 3.87. The van der Waals surface area contributed by atoms with E-state index in [1.54, 1.807) is 25.3 Å². The Hall–Kier alpha value is -2.08. The number of carbonyl (C=O) groups excluding carboxylic acids is 1. The number of aliphatic hydroxyl groups is 2. The lowest BCUT2D eigenvalue weighted by Gasteiger charge is -2.27. The lowest BCUT2D eigenvalue weighted by molar-refractivity contribution is -0.168. The van der Waals surface area contributed by atoms with Crippen molar-refractivity contribution in [2.24, 2.45) is 5.41 Å². The number of imidazole rings is 1. The first kappa shape index (κ1) is 21.6. The van der Waals surface area contributed by atoms with Gasteiger partial charge in [0.1, 0.15) is 29.2 Å². The van der Waals surface area contributed by atoms with Gasteiger partial charge in [-0.25, -0.2) is 9.97 Å². The number of aromatic nitrogens is 4. The number of aromatic amines is 1. The summed E-state index contributed by atoms with van der Waals surface area (Å²) in [5.41, 5.74) is 5.92. The van der Waals surface area contributed by atoms with Crippen LogP contribution >= 0.6 is 12.2 Å². The first-order valence-electron chi connectivity index (χ1n) is 9.38. The van der Waals surface area contributed by atoms with Crippen LogP contribution < -0.4 is 5.73 Å². The summed E-state index contributed by atoms with van der Waals surface area (Å²) in [5, 5.41) is 20.3. The lowest BCUT2D eigenvalue weighted by atomic mass is 9.97. The van der Waals surface area contributed by atoms with Crippen LogP contribution in [0.1, 0.15) is 52.6 Å². The Morgan fingerprint density at radius 2 is 2.07 bits per heavy atom. The van der Waals surface area contributed by atoms with Crippen LogP contribution in [0.5, 0.6) is 0 Å². The largest absolute Gasteiger partial charge is 0.454 e. The molecule has 4 atom stereocenters. The Morgan fingerprint density at radius 1 is 1.41 bits per heavy atom. The molecule has 5 N–H and O–H groups in total. The molecular weight excluding hydrogens is 398 g/mol. The highest BCUT2D eigenvalue weighted by atomic mass is 32.1. The molecule has 0 bridgehead atoms. The second-order valence-electron chi connectivity index (χ2n) is 8.48. The van der Waals surface area contributed by atoms with Crippen molar-refractivity contribution < 1.29 is 24.5 Å². The van der Waals surface area contributed by atoms with E-state index in [1.165, 1.54) is 0 Å². The number of anilines is 1. The Morgan fingerprint density at radius 3 is 2.62 bits per heavy atom. The topological polar surface area (TPSA) is 149 Å². The number of rotatable bonds is 4. The summed E-state index contributed by atoms with van der Waals surface area (Å²) in [6.45, 7) is 8.57. The summed E-state index contributed by atoms with van der Waals surface area (Å²) in [7, 11) is 0. The van der Waals surface area contributed by atoms with Crippen molar-refractivity contribution in [2.75, 3.05) is 12.3 Å². The Balaban J connectivity index is 2.18. The molecule has 0 amide bonds. The molecule has 0 saturated carbocycles. The number of nitrogens with one attached hydrogen (secondary N) is 1. The fourth-order valence-corrected chi connectivity index (χ4v) is 3.44. The number of fused-ring (bicyclic) bond motifs is 1. The van der Waals surface area contributed by atoms with Crippen molar-refractivity contribution in [1.82, 2.24) is 19.5 Å². The van der Waals surface area contributed by atoms with Gasteiger partial charge in [0.15, 0.2) is 22.9 Å². The lowest BCUT2D eigenvalue weighted by Crippen LogP contribution is -2.39. The van der Waals surface area contributed by atoms with Gasteiger partial charge in [-0.1, -0.05) is 26.1 Å². The summed E-state index contributed by atoms with van der Waals surface area (Å²) < 4.78 is 13.4. The number of nitrogens with zero attached hydrogens (tertiary/aromatic N) is 3. The van der Waals surface area contributed by atoms with Gasteiger partial charge in [0.2, 0.25) is 0 Å². The third-order valence-corrected chi connectivity index (χ3v) is 5.01. The number of carbonyl (C=O) groups is 1. The molecule has 0 aromatic carbocycles. The molecule has 0 spiro atoms. The van der Waals surface area contributed by atoms with Gasteiger partial charge in [0.25, 0.3) is 0 Å². The van der Waals surface area contributed by atoms with E-state index in [9.17, 15) is 15.0 Å². The zero-order chi connectivity index (χ0) is 21.7. The first-order valence-corrected chi connectivity index (χ1v) is 9.79. The van der Waals surface area contributed by atoms with E-state index in [0.717, 1.165) is 0 Å². The smallest absolute Gasteiger partial charge is 0.311 e. The van der Waals surface area contributed by atoms with Gasteiger partial charge in [-0.3, -0.25) is 9.36 Å². The highest BCUT2D eigenvalue weighted by Gasteiger charge is 2.49. The van der Waals surface area contributed by atoms with Crippen LogP contribution in [0, 0.1) is 10.1 Å². The predicted molar refractivity (Wildman–Crippen MR) is 108 cm³/mol. The van der Waals surface area contributed by atoms with Crippen molar-refractivity contribution in [2.45, 2.75) is 65.1 Å². The van der Waals surface area contributed by atoms with E-state index in [0.29, 0.717) is 17.0 Å². The maximum absolute atomic E-state index is 12.5. The molecule has 11 heteroatoms. The SMILES string of the molecule is CC(C)c1nc2c(=S)nc(N)[nH]c2n1[C@@H]1O[C@H](CO)C(O)C1OC(=O)C(C)(C)C. The average molecular weight is 426 g/mol. The van der Waals surface area contributed by atoms with Crippen molar-refractivity contribution >= 4 is 35.3 Å². The van der Waals surface area contributed by atoms with Gasteiger partial charge in [-0.05, 0) is 20.8 Å². The van der Waals surface area contributed by atoms with Crippen LogP contribution in [0.2, 0.25) is 0 Å². The average Bonchev–Trinajstić information content (AvgIpc) is 3.13. The number of ether oxygens (including phenoxy) is 2. The van der Waals surface area contributed by atoms with E-state index in [4.69, 9.17) is 27.4 Å². The van der Waals surface area contributed by atoms with Gasteiger partial charge < -0.3 is 30.4 Å². The molecule has 3 heterocycles. The quantitative estimate of drug-likeness (QED) is 0.421. The second kappa shape index (κ2) is 7.63. The van der Waals surface area contributed by atoms with Gasteiger partial charge in [-0.15, -0.1) is 0 Å². The number of nitrogen functional groups attached to an aromatic ring is 1. The highest BCUT2D eigenvalue weighted by Crippen LogP contribution is 2.37. The molecule has 0 radical (unpaired) electrons. The summed E-state index contributed by atoms with van der Waals surface area (Å²) in [5.74, 6) is 0.125. The predicted octanol–water partition coefficient (Wildman–Crippen LogP) is 1.40. The molecule has 2 unspecified atom stereocenters. The molecular formula is C18H27N5O5S. The van der Waals surface area contributed by atoms with Gasteiger partial charge >= 0.3 is 5.97 Å².